The van der Waals surface area contributed by atoms with Crippen LogP contribution in [0.15, 0.2) is 24.3 Å². The van der Waals surface area contributed by atoms with E-state index in [1.807, 2.05) is 0 Å². The second kappa shape index (κ2) is 6.57. The van der Waals surface area contributed by atoms with Crippen LogP contribution in [-0.2, 0) is 0 Å². The molecule has 17 heavy (non-hydrogen) atoms. The molecule has 0 bridgehead atoms. The van der Waals surface area contributed by atoms with Gasteiger partial charge in [-0.25, -0.2) is 4.39 Å². The number of hydrogen-bond donors (Lipinski definition) is 2. The highest BCUT2D eigenvalue weighted by molar-refractivity contribution is 5.94. The van der Waals surface area contributed by atoms with Gasteiger partial charge in [0, 0.05) is 12.1 Å². The third-order valence-electron chi connectivity index (χ3n) is 2.80. The molecular formula is C12H16ClFN2O. The monoisotopic (exact) mass is 258 g/mol. The lowest BCUT2D eigenvalue weighted by atomic mass is 10.1. The Morgan fingerprint density at radius 3 is 3.00 bits per heavy atom. The van der Waals surface area contributed by atoms with Crippen LogP contribution in [-0.4, -0.2) is 25.5 Å². The summed E-state index contributed by atoms with van der Waals surface area (Å²) in [4.78, 5) is 11.7. The third-order valence-corrected chi connectivity index (χ3v) is 2.80. The summed E-state index contributed by atoms with van der Waals surface area (Å²) >= 11 is 0. The Balaban J connectivity index is 0.00000144. The van der Waals surface area contributed by atoms with Gasteiger partial charge < -0.3 is 10.6 Å². The topological polar surface area (TPSA) is 41.1 Å². The quantitative estimate of drug-likeness (QED) is 0.865. The summed E-state index contributed by atoms with van der Waals surface area (Å²) in [6.07, 6.45) is 1.09. The fraction of sp³-hybridized carbons (Fsp3) is 0.417. The Morgan fingerprint density at radius 1 is 1.53 bits per heavy atom. The third kappa shape index (κ3) is 3.98. The van der Waals surface area contributed by atoms with E-state index in [2.05, 4.69) is 10.6 Å². The fourth-order valence-corrected chi connectivity index (χ4v) is 1.86. The SMILES string of the molecule is Cl.O=C(NCC1CCNC1)c1cccc(F)c1. The minimum atomic E-state index is -0.379. The smallest absolute Gasteiger partial charge is 0.251 e. The molecule has 5 heteroatoms. The molecule has 3 nitrogen and oxygen atoms in total. The van der Waals surface area contributed by atoms with Crippen molar-refractivity contribution in [2.75, 3.05) is 19.6 Å². The van der Waals surface area contributed by atoms with Crippen LogP contribution in [0.1, 0.15) is 16.8 Å². The minimum Gasteiger partial charge on any atom is -0.352 e. The fourth-order valence-electron chi connectivity index (χ4n) is 1.86. The van der Waals surface area contributed by atoms with Crippen LogP contribution in [0.3, 0.4) is 0 Å². The predicted molar refractivity (Wildman–Crippen MR) is 67.0 cm³/mol. The van der Waals surface area contributed by atoms with Gasteiger partial charge in [-0.3, -0.25) is 4.79 Å². The van der Waals surface area contributed by atoms with E-state index in [9.17, 15) is 9.18 Å². The molecule has 0 spiro atoms. The van der Waals surface area contributed by atoms with Gasteiger partial charge in [0.25, 0.3) is 5.91 Å². The van der Waals surface area contributed by atoms with Crippen molar-refractivity contribution in [2.24, 2.45) is 5.92 Å². The molecule has 1 amide bonds. The average Bonchev–Trinajstić information content (AvgIpc) is 2.78. The first kappa shape index (κ1) is 13.9. The zero-order valence-corrected chi connectivity index (χ0v) is 10.2. The summed E-state index contributed by atoms with van der Waals surface area (Å²) in [5.41, 5.74) is 0.381. The molecule has 2 N–H and O–H groups in total. The van der Waals surface area contributed by atoms with Crippen LogP contribution in [0, 0.1) is 11.7 Å². The molecule has 0 radical (unpaired) electrons. The van der Waals surface area contributed by atoms with Crippen molar-refractivity contribution in [1.29, 1.82) is 0 Å². The molecule has 1 unspecified atom stereocenters. The van der Waals surface area contributed by atoms with Crippen molar-refractivity contribution in [3.05, 3.63) is 35.6 Å². The lowest BCUT2D eigenvalue weighted by Gasteiger charge is -2.09. The van der Waals surface area contributed by atoms with Crippen molar-refractivity contribution in [3.8, 4) is 0 Å². The lowest BCUT2D eigenvalue weighted by molar-refractivity contribution is 0.0947. The molecule has 1 atom stereocenters. The molecule has 0 aliphatic carbocycles. The Morgan fingerprint density at radius 2 is 2.35 bits per heavy atom. The molecule has 1 aliphatic heterocycles. The number of hydrogen-bond acceptors (Lipinski definition) is 2. The zero-order valence-electron chi connectivity index (χ0n) is 9.41. The van der Waals surface area contributed by atoms with Crippen LogP contribution in [0.4, 0.5) is 4.39 Å². The highest BCUT2D eigenvalue weighted by Gasteiger charge is 2.15. The molecule has 1 aromatic carbocycles. The Hall–Kier alpha value is -1.13. The summed E-state index contributed by atoms with van der Waals surface area (Å²) in [5, 5.41) is 6.06. The molecule has 0 aromatic heterocycles. The highest BCUT2D eigenvalue weighted by atomic mass is 35.5. The first-order chi connectivity index (χ1) is 7.75. The maximum Gasteiger partial charge on any atom is 0.251 e. The minimum absolute atomic E-state index is 0. The largest absolute Gasteiger partial charge is 0.352 e. The Bertz CT molecular complexity index is 381. The van der Waals surface area contributed by atoms with E-state index in [0.29, 0.717) is 18.0 Å². The Labute approximate surface area is 106 Å². The molecule has 1 aromatic rings. The van der Waals surface area contributed by atoms with E-state index in [0.717, 1.165) is 19.5 Å². The second-order valence-corrected chi connectivity index (χ2v) is 4.08. The van der Waals surface area contributed by atoms with Crippen LogP contribution in [0.5, 0.6) is 0 Å². The molecule has 2 rings (SSSR count). The van der Waals surface area contributed by atoms with E-state index < -0.39 is 0 Å². The van der Waals surface area contributed by atoms with E-state index in [1.54, 1.807) is 12.1 Å². The maximum absolute atomic E-state index is 12.9. The Kier molecular flexibility index (Phi) is 5.38. The zero-order chi connectivity index (χ0) is 11.4. The van der Waals surface area contributed by atoms with Crippen molar-refractivity contribution < 1.29 is 9.18 Å². The summed E-state index contributed by atoms with van der Waals surface area (Å²) in [7, 11) is 0. The molecule has 1 fully saturated rings. The number of amides is 1. The van der Waals surface area contributed by atoms with Gasteiger partial charge >= 0.3 is 0 Å². The van der Waals surface area contributed by atoms with E-state index in [4.69, 9.17) is 0 Å². The van der Waals surface area contributed by atoms with E-state index in [1.165, 1.54) is 12.1 Å². The highest BCUT2D eigenvalue weighted by Crippen LogP contribution is 2.07. The number of nitrogens with one attached hydrogen (secondary N) is 2. The molecular weight excluding hydrogens is 243 g/mol. The van der Waals surface area contributed by atoms with Gasteiger partial charge in [-0.15, -0.1) is 12.4 Å². The average molecular weight is 259 g/mol. The molecule has 1 aliphatic rings. The first-order valence-corrected chi connectivity index (χ1v) is 5.50. The van der Waals surface area contributed by atoms with Crippen molar-refractivity contribution in [1.82, 2.24) is 10.6 Å². The summed E-state index contributed by atoms with van der Waals surface area (Å²) in [5.74, 6) is -0.0842. The van der Waals surface area contributed by atoms with Crippen LogP contribution in [0.2, 0.25) is 0 Å². The summed E-state index contributed by atoms with van der Waals surface area (Å²) in [6, 6.07) is 5.74. The summed E-state index contributed by atoms with van der Waals surface area (Å²) < 4.78 is 12.9. The van der Waals surface area contributed by atoms with Gasteiger partial charge in [0.2, 0.25) is 0 Å². The van der Waals surface area contributed by atoms with Crippen LogP contribution >= 0.6 is 12.4 Å². The molecule has 94 valence electrons. The number of carbonyl (C=O) groups is 1. The normalized spacial score (nSPS) is 18.5. The number of benzene rings is 1. The van der Waals surface area contributed by atoms with Gasteiger partial charge in [-0.2, -0.15) is 0 Å². The molecule has 1 saturated heterocycles. The molecule has 1 heterocycles. The number of halogens is 2. The van der Waals surface area contributed by atoms with Gasteiger partial charge in [0.15, 0.2) is 0 Å². The maximum atomic E-state index is 12.9. The standard InChI is InChI=1S/C12H15FN2O.ClH/c13-11-3-1-2-10(6-11)12(16)15-8-9-4-5-14-7-9;/h1-3,6,9,14H,4-5,7-8H2,(H,15,16);1H. The lowest BCUT2D eigenvalue weighted by Crippen LogP contribution is -2.30. The number of rotatable bonds is 3. The van der Waals surface area contributed by atoms with Gasteiger partial charge in [0.1, 0.15) is 5.82 Å². The number of carbonyl (C=O) groups excluding carboxylic acids is 1. The van der Waals surface area contributed by atoms with Crippen molar-refractivity contribution in [2.45, 2.75) is 6.42 Å². The first-order valence-electron chi connectivity index (χ1n) is 5.50. The van der Waals surface area contributed by atoms with E-state index in [-0.39, 0.29) is 24.1 Å². The summed E-state index contributed by atoms with van der Waals surface area (Å²) in [6.45, 7) is 2.62. The van der Waals surface area contributed by atoms with Gasteiger partial charge in [0.05, 0.1) is 0 Å². The van der Waals surface area contributed by atoms with Crippen molar-refractivity contribution in [3.63, 3.8) is 0 Å². The second-order valence-electron chi connectivity index (χ2n) is 4.08. The van der Waals surface area contributed by atoms with Gasteiger partial charge in [-0.05, 0) is 43.6 Å². The van der Waals surface area contributed by atoms with E-state index >= 15 is 0 Å². The predicted octanol–water partition coefficient (Wildman–Crippen LogP) is 1.59. The van der Waals surface area contributed by atoms with Crippen molar-refractivity contribution >= 4 is 18.3 Å². The van der Waals surface area contributed by atoms with Crippen LogP contribution in [0.25, 0.3) is 0 Å². The van der Waals surface area contributed by atoms with Crippen LogP contribution < -0.4 is 10.6 Å². The van der Waals surface area contributed by atoms with Gasteiger partial charge in [-0.1, -0.05) is 6.07 Å². The molecule has 0 saturated carbocycles.